The van der Waals surface area contributed by atoms with Crippen LogP contribution < -0.4 is 25.2 Å². The van der Waals surface area contributed by atoms with Crippen molar-refractivity contribution in [2.24, 2.45) is 0 Å². The van der Waals surface area contributed by atoms with Gasteiger partial charge in [0.15, 0.2) is 18.1 Å². The second kappa shape index (κ2) is 8.45. The minimum Gasteiger partial charge on any atom is -0.486 e. The standard InChI is InChI=1S/C22H18F3NO6/c1-12(13-2-5-17-19(8-13)30-7-6-29-17)26-20(27)11-31-14-3-4-15-16(22(23,24)25)10-21(28)32-18(15)9-14/h2-5,8-10,12H,6-7,11H2,1H3,(H,26,27)/t12-/m1/s1. The minimum absolute atomic E-state index is 0.0853. The zero-order valence-electron chi connectivity index (χ0n) is 16.8. The maximum absolute atomic E-state index is 13.1. The van der Waals surface area contributed by atoms with Gasteiger partial charge in [-0.25, -0.2) is 4.79 Å². The molecule has 3 aromatic rings. The van der Waals surface area contributed by atoms with Gasteiger partial charge in [-0.1, -0.05) is 6.07 Å². The molecule has 1 aliphatic rings. The molecule has 1 atom stereocenters. The van der Waals surface area contributed by atoms with E-state index in [1.165, 1.54) is 6.07 Å². The summed E-state index contributed by atoms with van der Waals surface area (Å²) < 4.78 is 60.6. The highest BCUT2D eigenvalue weighted by Gasteiger charge is 2.33. The van der Waals surface area contributed by atoms with E-state index in [4.69, 9.17) is 18.6 Å². The number of carbonyl (C=O) groups excluding carboxylic acids is 1. The van der Waals surface area contributed by atoms with Crippen LogP contribution in [0.3, 0.4) is 0 Å². The van der Waals surface area contributed by atoms with E-state index in [9.17, 15) is 22.8 Å². The number of rotatable bonds is 5. The number of halogens is 3. The number of hydrogen-bond acceptors (Lipinski definition) is 6. The molecule has 168 valence electrons. The first kappa shape index (κ1) is 21.5. The highest BCUT2D eigenvalue weighted by Crippen LogP contribution is 2.35. The van der Waals surface area contributed by atoms with Crippen molar-refractivity contribution < 1.29 is 36.6 Å². The third-order valence-corrected chi connectivity index (χ3v) is 4.84. The summed E-state index contributed by atoms with van der Waals surface area (Å²) in [5.74, 6) is 0.876. The molecule has 0 radical (unpaired) electrons. The molecule has 4 rings (SSSR count). The third-order valence-electron chi connectivity index (χ3n) is 4.84. The predicted molar refractivity (Wildman–Crippen MR) is 107 cm³/mol. The van der Waals surface area contributed by atoms with Crippen LogP contribution in [0, 0.1) is 0 Å². The number of ether oxygens (including phenoxy) is 3. The van der Waals surface area contributed by atoms with Crippen LogP contribution in [-0.4, -0.2) is 25.7 Å². The first-order chi connectivity index (χ1) is 15.2. The van der Waals surface area contributed by atoms with Gasteiger partial charge in [-0.15, -0.1) is 0 Å². The van der Waals surface area contributed by atoms with Crippen LogP contribution in [0.1, 0.15) is 24.1 Å². The lowest BCUT2D eigenvalue weighted by atomic mass is 10.1. The molecule has 0 saturated carbocycles. The van der Waals surface area contributed by atoms with Gasteiger partial charge in [-0.3, -0.25) is 4.79 Å². The van der Waals surface area contributed by atoms with E-state index in [0.717, 1.165) is 17.7 Å². The molecule has 32 heavy (non-hydrogen) atoms. The van der Waals surface area contributed by atoms with E-state index in [1.54, 1.807) is 19.1 Å². The Morgan fingerprint density at radius 1 is 1.09 bits per heavy atom. The number of benzene rings is 2. The molecule has 2 heterocycles. The monoisotopic (exact) mass is 449 g/mol. The molecule has 2 aromatic carbocycles. The number of alkyl halides is 3. The van der Waals surface area contributed by atoms with Gasteiger partial charge in [0.1, 0.15) is 24.5 Å². The zero-order valence-corrected chi connectivity index (χ0v) is 16.8. The zero-order chi connectivity index (χ0) is 22.9. The smallest absolute Gasteiger partial charge is 0.417 e. The molecule has 0 aliphatic carbocycles. The van der Waals surface area contributed by atoms with Gasteiger partial charge in [0.25, 0.3) is 5.91 Å². The van der Waals surface area contributed by atoms with Crippen molar-refractivity contribution in [1.29, 1.82) is 0 Å². The van der Waals surface area contributed by atoms with Gasteiger partial charge in [0.2, 0.25) is 0 Å². The van der Waals surface area contributed by atoms with Crippen LogP contribution >= 0.6 is 0 Å². The first-order valence-electron chi connectivity index (χ1n) is 9.67. The van der Waals surface area contributed by atoms with Gasteiger partial charge in [0.05, 0.1) is 11.6 Å². The van der Waals surface area contributed by atoms with E-state index in [1.807, 2.05) is 6.07 Å². The fourth-order valence-corrected chi connectivity index (χ4v) is 3.31. The van der Waals surface area contributed by atoms with Crippen LogP contribution in [0.2, 0.25) is 0 Å². The quantitative estimate of drug-likeness (QED) is 0.596. The summed E-state index contributed by atoms with van der Waals surface area (Å²) >= 11 is 0. The molecule has 7 nitrogen and oxygen atoms in total. The van der Waals surface area contributed by atoms with Gasteiger partial charge in [-0.2, -0.15) is 13.2 Å². The average Bonchev–Trinajstić information content (AvgIpc) is 2.75. The molecule has 1 aromatic heterocycles. The molecule has 10 heteroatoms. The van der Waals surface area contributed by atoms with Crippen LogP contribution in [0.25, 0.3) is 11.0 Å². The van der Waals surface area contributed by atoms with E-state index in [2.05, 4.69) is 5.32 Å². The maximum atomic E-state index is 13.1. The lowest BCUT2D eigenvalue weighted by Crippen LogP contribution is -2.31. The normalized spacial score (nSPS) is 14.1. The molecule has 0 fully saturated rings. The SMILES string of the molecule is C[C@@H](NC(=O)COc1ccc2c(C(F)(F)F)cc(=O)oc2c1)c1ccc2c(c1)OCCO2. The summed E-state index contributed by atoms with van der Waals surface area (Å²) in [5.41, 5.74) is -1.71. The molecule has 1 aliphatic heterocycles. The van der Waals surface area contributed by atoms with Crippen LogP contribution in [0.4, 0.5) is 13.2 Å². The van der Waals surface area contributed by atoms with Crippen molar-refractivity contribution in [3.8, 4) is 17.2 Å². The lowest BCUT2D eigenvalue weighted by Gasteiger charge is -2.21. The Bertz CT molecular complexity index is 1220. The fraction of sp³-hybridized carbons (Fsp3) is 0.273. The Labute approximate surface area is 179 Å². The molecule has 0 bridgehead atoms. The number of amides is 1. The summed E-state index contributed by atoms with van der Waals surface area (Å²) in [4.78, 5) is 23.8. The molecule has 1 N–H and O–H groups in total. The van der Waals surface area contributed by atoms with Crippen molar-refractivity contribution >= 4 is 16.9 Å². The van der Waals surface area contributed by atoms with Crippen LogP contribution in [-0.2, 0) is 11.0 Å². The summed E-state index contributed by atoms with van der Waals surface area (Å²) in [6.07, 6.45) is -4.71. The molecular formula is C22H18F3NO6. The number of carbonyl (C=O) groups is 1. The Balaban J connectivity index is 1.42. The Kier molecular flexibility index (Phi) is 5.68. The molecule has 1 amide bonds. The van der Waals surface area contributed by atoms with Crippen molar-refractivity contribution in [1.82, 2.24) is 5.32 Å². The Morgan fingerprint density at radius 2 is 1.84 bits per heavy atom. The second-order valence-electron chi connectivity index (χ2n) is 7.12. The summed E-state index contributed by atoms with van der Waals surface area (Å²) in [5, 5.41) is 2.49. The molecular weight excluding hydrogens is 431 g/mol. The minimum atomic E-state index is -4.71. The van der Waals surface area contributed by atoms with Crippen molar-refractivity contribution in [3.63, 3.8) is 0 Å². The molecule has 0 saturated heterocycles. The summed E-state index contributed by atoms with van der Waals surface area (Å²) in [7, 11) is 0. The van der Waals surface area contributed by atoms with Crippen LogP contribution in [0.5, 0.6) is 17.2 Å². The van der Waals surface area contributed by atoms with E-state index < -0.39 is 23.3 Å². The number of hydrogen-bond donors (Lipinski definition) is 1. The summed E-state index contributed by atoms with van der Waals surface area (Å²) in [6, 6.07) is 8.94. The number of nitrogens with one attached hydrogen (secondary N) is 1. The largest absolute Gasteiger partial charge is 0.486 e. The summed E-state index contributed by atoms with van der Waals surface area (Å²) in [6.45, 7) is 2.32. The highest BCUT2D eigenvalue weighted by atomic mass is 19.4. The van der Waals surface area contributed by atoms with Gasteiger partial charge < -0.3 is 23.9 Å². The topological polar surface area (TPSA) is 87.0 Å². The van der Waals surface area contributed by atoms with Gasteiger partial charge in [-0.05, 0) is 36.8 Å². The molecule has 0 unspecified atom stereocenters. The Morgan fingerprint density at radius 3 is 2.59 bits per heavy atom. The predicted octanol–water partition coefficient (Wildman–Crippen LogP) is 3.84. The van der Waals surface area contributed by atoms with Gasteiger partial charge >= 0.3 is 11.8 Å². The second-order valence-corrected chi connectivity index (χ2v) is 7.12. The molecule has 0 spiro atoms. The van der Waals surface area contributed by atoms with Crippen molar-refractivity contribution in [2.75, 3.05) is 19.8 Å². The van der Waals surface area contributed by atoms with E-state index >= 15 is 0 Å². The van der Waals surface area contributed by atoms with Crippen LogP contribution in [0.15, 0.2) is 51.7 Å². The van der Waals surface area contributed by atoms with E-state index in [0.29, 0.717) is 30.8 Å². The first-order valence-corrected chi connectivity index (χ1v) is 9.67. The average molecular weight is 449 g/mol. The third kappa shape index (κ3) is 4.63. The highest BCUT2D eigenvalue weighted by molar-refractivity contribution is 5.82. The number of fused-ring (bicyclic) bond motifs is 2. The Hall–Kier alpha value is -3.69. The van der Waals surface area contributed by atoms with Crippen molar-refractivity contribution in [2.45, 2.75) is 19.1 Å². The fourth-order valence-electron chi connectivity index (χ4n) is 3.31. The van der Waals surface area contributed by atoms with E-state index in [-0.39, 0.29) is 29.4 Å². The van der Waals surface area contributed by atoms with Gasteiger partial charge in [0, 0.05) is 17.5 Å². The maximum Gasteiger partial charge on any atom is 0.417 e. The lowest BCUT2D eigenvalue weighted by molar-refractivity contribution is -0.136. The van der Waals surface area contributed by atoms with Crippen molar-refractivity contribution in [3.05, 3.63) is 64.0 Å².